The summed E-state index contributed by atoms with van der Waals surface area (Å²) in [6.45, 7) is 0. The molecular formula is C32H28F2N4. The van der Waals surface area contributed by atoms with Crippen LogP contribution in [-0.4, -0.2) is 21.0 Å². The van der Waals surface area contributed by atoms with Gasteiger partial charge in [0, 0.05) is 40.9 Å². The molecule has 3 aliphatic carbocycles. The fourth-order valence-corrected chi connectivity index (χ4v) is 6.44. The lowest BCUT2D eigenvalue weighted by atomic mass is 9.68. The molecule has 0 saturated heterocycles. The molecule has 0 spiro atoms. The summed E-state index contributed by atoms with van der Waals surface area (Å²) in [6, 6.07) is 23.0. The zero-order chi connectivity index (χ0) is 25.6. The zero-order valence-electron chi connectivity index (χ0n) is 20.9. The van der Waals surface area contributed by atoms with E-state index in [1.165, 1.54) is 31.7 Å². The molecule has 2 N–H and O–H groups in total. The number of nitrogens with one attached hydrogen (secondary N) is 2. The van der Waals surface area contributed by atoms with E-state index in [9.17, 15) is 8.78 Å². The minimum atomic E-state index is -0.631. The number of nitrogens with zero attached hydrogens (tertiary/aromatic N) is 2. The minimum Gasteiger partial charge on any atom is -0.367 e. The van der Waals surface area contributed by atoms with Crippen molar-refractivity contribution in [2.24, 2.45) is 11.8 Å². The predicted octanol–water partition coefficient (Wildman–Crippen LogP) is 8.23. The molecule has 0 aliphatic heterocycles. The standard InChI is InChI=1S/C32H28F2N4/c33-22-15-25-26(18-35-31(25)27(34)16-22)32-37-29(24-9-5-4-8-23(24)20-6-2-1-3-7-20)17-30(38-32)36-28-14-19-10-12-21(28)13-11-19/h1-9,15-19,21,28,35H,10-14H2,(H,36,37,38). The van der Waals surface area contributed by atoms with Gasteiger partial charge in [-0.05, 0) is 48.3 Å². The molecule has 38 heavy (non-hydrogen) atoms. The van der Waals surface area contributed by atoms with Crippen LogP contribution in [0, 0.1) is 23.5 Å². The van der Waals surface area contributed by atoms with Gasteiger partial charge in [0.2, 0.25) is 0 Å². The Bertz CT molecular complexity index is 1620. The van der Waals surface area contributed by atoms with Crippen LogP contribution in [0.15, 0.2) is 79.0 Å². The maximum absolute atomic E-state index is 14.5. The third-order valence-electron chi connectivity index (χ3n) is 8.34. The number of aromatic amines is 1. The van der Waals surface area contributed by atoms with Crippen molar-refractivity contribution < 1.29 is 8.78 Å². The molecule has 1 atom stereocenters. The van der Waals surface area contributed by atoms with Gasteiger partial charge in [-0.2, -0.15) is 0 Å². The molecule has 5 aromatic rings. The summed E-state index contributed by atoms with van der Waals surface area (Å²) in [5, 5.41) is 4.17. The monoisotopic (exact) mass is 506 g/mol. The molecule has 0 amide bonds. The summed E-state index contributed by atoms with van der Waals surface area (Å²) < 4.78 is 28.7. The SMILES string of the molecule is Fc1cc(F)c2[nH]cc(-c3nc(NC4CC5CCC4CC5)cc(-c4ccccc4-c4ccccc4)n3)c2c1. The van der Waals surface area contributed by atoms with Crippen molar-refractivity contribution in [2.75, 3.05) is 5.32 Å². The fourth-order valence-electron chi connectivity index (χ4n) is 6.44. The maximum atomic E-state index is 14.5. The number of aromatic nitrogens is 3. The largest absolute Gasteiger partial charge is 0.367 e. The van der Waals surface area contributed by atoms with Crippen molar-refractivity contribution in [3.8, 4) is 33.8 Å². The van der Waals surface area contributed by atoms with Crippen molar-refractivity contribution in [3.05, 3.63) is 90.6 Å². The van der Waals surface area contributed by atoms with Crippen molar-refractivity contribution in [3.63, 3.8) is 0 Å². The Morgan fingerprint density at radius 3 is 2.32 bits per heavy atom. The average Bonchev–Trinajstić information content (AvgIpc) is 3.38. The lowest BCUT2D eigenvalue weighted by molar-refractivity contribution is 0.157. The van der Waals surface area contributed by atoms with Crippen molar-refractivity contribution in [1.29, 1.82) is 0 Å². The summed E-state index contributed by atoms with van der Waals surface area (Å²) in [5.74, 6) is 1.35. The Morgan fingerprint density at radius 2 is 1.55 bits per heavy atom. The molecule has 3 aromatic carbocycles. The Hall–Kier alpha value is -4.06. The summed E-state index contributed by atoms with van der Waals surface area (Å²) in [5.41, 5.74) is 4.73. The van der Waals surface area contributed by atoms with Crippen LogP contribution in [0.25, 0.3) is 44.7 Å². The molecule has 4 nitrogen and oxygen atoms in total. The molecule has 2 aromatic heterocycles. The molecule has 2 bridgehead atoms. The van der Waals surface area contributed by atoms with Gasteiger partial charge in [-0.15, -0.1) is 0 Å². The highest BCUT2D eigenvalue weighted by molar-refractivity contribution is 5.95. The molecule has 3 saturated carbocycles. The third kappa shape index (κ3) is 4.14. The van der Waals surface area contributed by atoms with Gasteiger partial charge < -0.3 is 10.3 Å². The number of hydrogen-bond donors (Lipinski definition) is 2. The van der Waals surface area contributed by atoms with Crippen LogP contribution in [0.5, 0.6) is 0 Å². The number of hydrogen-bond acceptors (Lipinski definition) is 3. The van der Waals surface area contributed by atoms with Crippen LogP contribution in [0.4, 0.5) is 14.6 Å². The average molecular weight is 507 g/mol. The first-order chi connectivity index (χ1) is 18.6. The van der Waals surface area contributed by atoms with E-state index in [1.807, 2.05) is 36.4 Å². The van der Waals surface area contributed by atoms with E-state index in [0.717, 1.165) is 46.6 Å². The van der Waals surface area contributed by atoms with Crippen LogP contribution in [0.1, 0.15) is 32.1 Å². The Kier molecular flexibility index (Phi) is 5.68. The fraction of sp³-hybridized carbons (Fsp3) is 0.250. The molecule has 3 aliphatic rings. The second-order valence-corrected chi connectivity index (χ2v) is 10.7. The number of rotatable bonds is 5. The number of anilines is 1. The predicted molar refractivity (Wildman–Crippen MR) is 148 cm³/mol. The van der Waals surface area contributed by atoms with Crippen LogP contribution >= 0.6 is 0 Å². The van der Waals surface area contributed by atoms with Gasteiger partial charge in [-0.3, -0.25) is 0 Å². The molecule has 3 fully saturated rings. The second kappa shape index (κ2) is 9.35. The first kappa shape index (κ1) is 23.1. The second-order valence-electron chi connectivity index (χ2n) is 10.7. The first-order valence-corrected chi connectivity index (χ1v) is 13.4. The van der Waals surface area contributed by atoms with E-state index in [0.29, 0.717) is 28.7 Å². The molecular weight excluding hydrogens is 478 g/mol. The smallest absolute Gasteiger partial charge is 0.164 e. The van der Waals surface area contributed by atoms with E-state index < -0.39 is 11.6 Å². The number of H-pyrrole nitrogens is 1. The van der Waals surface area contributed by atoms with Gasteiger partial charge in [0.1, 0.15) is 17.5 Å². The normalized spacial score (nSPS) is 20.6. The van der Waals surface area contributed by atoms with Crippen LogP contribution in [-0.2, 0) is 0 Å². The van der Waals surface area contributed by atoms with Crippen molar-refractivity contribution in [1.82, 2.24) is 15.0 Å². The topological polar surface area (TPSA) is 53.6 Å². The summed E-state index contributed by atoms with van der Waals surface area (Å²) in [4.78, 5) is 12.8. The zero-order valence-corrected chi connectivity index (χ0v) is 20.9. The van der Waals surface area contributed by atoms with E-state index in [4.69, 9.17) is 9.97 Å². The number of benzene rings is 3. The van der Waals surface area contributed by atoms with Crippen molar-refractivity contribution >= 4 is 16.7 Å². The van der Waals surface area contributed by atoms with Crippen LogP contribution < -0.4 is 5.32 Å². The van der Waals surface area contributed by atoms with E-state index in [1.54, 1.807) is 6.20 Å². The number of halogens is 2. The first-order valence-electron chi connectivity index (χ1n) is 13.4. The quantitative estimate of drug-likeness (QED) is 0.252. The summed E-state index contributed by atoms with van der Waals surface area (Å²) in [7, 11) is 0. The van der Waals surface area contributed by atoms with E-state index in [2.05, 4.69) is 34.6 Å². The van der Waals surface area contributed by atoms with Gasteiger partial charge in [-0.25, -0.2) is 18.7 Å². The molecule has 0 radical (unpaired) electrons. The maximum Gasteiger partial charge on any atom is 0.164 e. The summed E-state index contributed by atoms with van der Waals surface area (Å²) >= 11 is 0. The van der Waals surface area contributed by atoms with Gasteiger partial charge in [-0.1, -0.05) is 67.4 Å². The van der Waals surface area contributed by atoms with Gasteiger partial charge in [0.15, 0.2) is 5.82 Å². The summed E-state index contributed by atoms with van der Waals surface area (Å²) in [6.07, 6.45) is 7.97. The Morgan fingerprint density at radius 1 is 0.789 bits per heavy atom. The van der Waals surface area contributed by atoms with Gasteiger partial charge >= 0.3 is 0 Å². The molecule has 6 heteroatoms. The highest BCUT2D eigenvalue weighted by Gasteiger charge is 2.35. The van der Waals surface area contributed by atoms with E-state index >= 15 is 0 Å². The third-order valence-corrected chi connectivity index (χ3v) is 8.34. The molecule has 8 rings (SSSR count). The lowest BCUT2D eigenvalue weighted by Crippen LogP contribution is -2.40. The Balaban J connectivity index is 1.38. The molecule has 2 heterocycles. The minimum absolute atomic E-state index is 0.249. The molecule has 1 unspecified atom stereocenters. The van der Waals surface area contributed by atoms with Crippen LogP contribution in [0.3, 0.4) is 0 Å². The highest BCUT2D eigenvalue weighted by Crippen LogP contribution is 2.43. The van der Waals surface area contributed by atoms with Crippen LogP contribution in [0.2, 0.25) is 0 Å². The molecule has 190 valence electrons. The van der Waals surface area contributed by atoms with Gasteiger partial charge in [0.05, 0.1) is 11.2 Å². The van der Waals surface area contributed by atoms with E-state index in [-0.39, 0.29) is 5.52 Å². The van der Waals surface area contributed by atoms with Crippen molar-refractivity contribution in [2.45, 2.75) is 38.1 Å². The van der Waals surface area contributed by atoms with Gasteiger partial charge in [0.25, 0.3) is 0 Å². The lowest BCUT2D eigenvalue weighted by Gasteiger charge is -2.42. The highest BCUT2D eigenvalue weighted by atomic mass is 19.1. The Labute approximate surface area is 220 Å². The number of fused-ring (bicyclic) bond motifs is 4.